The van der Waals surface area contributed by atoms with E-state index in [-0.39, 0.29) is 34.6 Å². The maximum absolute atomic E-state index is 12.6. The first kappa shape index (κ1) is 28.0. The highest BCUT2D eigenvalue weighted by molar-refractivity contribution is 6.45. The predicted molar refractivity (Wildman–Crippen MR) is 134 cm³/mol. The molecule has 0 radical (unpaired) electrons. The van der Waals surface area contributed by atoms with E-state index < -0.39 is 24.9 Å². The van der Waals surface area contributed by atoms with Gasteiger partial charge < -0.3 is 20.3 Å². The normalized spacial score (nSPS) is 23.2. The smallest absolute Gasteiger partial charge is 0.426 e. The van der Waals surface area contributed by atoms with Gasteiger partial charge in [0.25, 0.3) is 5.91 Å². The Bertz CT molecular complexity index is 837. The molecular weight excluding hydrogens is 462 g/mol. The summed E-state index contributed by atoms with van der Waals surface area (Å²) in [6, 6.07) is 4.56. The lowest BCUT2D eigenvalue weighted by Gasteiger charge is -2.45. The molecule has 1 aromatic rings. The van der Waals surface area contributed by atoms with Crippen LogP contribution in [0.4, 0.5) is 0 Å². The first-order valence-corrected chi connectivity index (χ1v) is 12.4. The zero-order chi connectivity index (χ0) is 24.9. The molecule has 1 saturated carbocycles. The Morgan fingerprint density at radius 3 is 2.58 bits per heavy atom. The van der Waals surface area contributed by atoms with Gasteiger partial charge in [0, 0.05) is 11.1 Å². The summed E-state index contributed by atoms with van der Waals surface area (Å²) in [6.07, 6.45) is 2.35. The van der Waals surface area contributed by atoms with Crippen molar-refractivity contribution in [2.75, 3.05) is 6.54 Å². The van der Waals surface area contributed by atoms with Crippen molar-refractivity contribution in [2.45, 2.75) is 72.9 Å². The second-order valence-corrected chi connectivity index (χ2v) is 11.3. The van der Waals surface area contributed by atoms with Gasteiger partial charge in [0.15, 0.2) is 0 Å². The standard InChI is InChI=1S/C24H37BCl2N2O4/c1-14(2)9-21(25(32)33-20-12-24(5,6)16(4)10-15(20)3)29-22(30)13-28-23(31)18-11-17(26)7-8-19(18)27/h7-8,11,14-16,20-21,32H,9-10,12-13H2,1-6H3,(H,28,31)(H,29,30)/t15?,16-,20?,21-/m0/s1. The fourth-order valence-electron chi connectivity index (χ4n) is 4.35. The second-order valence-electron chi connectivity index (χ2n) is 10.5. The van der Waals surface area contributed by atoms with Crippen LogP contribution in [0.15, 0.2) is 18.2 Å². The number of carbonyl (C=O) groups is 2. The van der Waals surface area contributed by atoms with E-state index >= 15 is 0 Å². The van der Waals surface area contributed by atoms with Crippen LogP contribution < -0.4 is 10.6 Å². The third-order valence-corrected chi connectivity index (χ3v) is 7.30. The summed E-state index contributed by atoms with van der Waals surface area (Å²) in [7, 11) is -1.13. The number of hydrogen-bond donors (Lipinski definition) is 3. The predicted octanol–water partition coefficient (Wildman–Crippen LogP) is 4.75. The summed E-state index contributed by atoms with van der Waals surface area (Å²) < 4.78 is 6.10. The van der Waals surface area contributed by atoms with E-state index in [1.165, 1.54) is 12.1 Å². The Morgan fingerprint density at radius 2 is 1.94 bits per heavy atom. The van der Waals surface area contributed by atoms with Crippen molar-refractivity contribution in [1.29, 1.82) is 0 Å². The van der Waals surface area contributed by atoms with Crippen LogP contribution >= 0.6 is 23.2 Å². The molecule has 1 aliphatic carbocycles. The maximum Gasteiger partial charge on any atom is 0.478 e. The highest BCUT2D eigenvalue weighted by atomic mass is 35.5. The molecule has 0 aliphatic heterocycles. The first-order chi connectivity index (χ1) is 15.3. The van der Waals surface area contributed by atoms with E-state index in [0.29, 0.717) is 23.3 Å². The maximum atomic E-state index is 12.6. The topological polar surface area (TPSA) is 87.7 Å². The zero-order valence-electron chi connectivity index (χ0n) is 20.5. The van der Waals surface area contributed by atoms with Crippen molar-refractivity contribution in [3.63, 3.8) is 0 Å². The Kier molecular flexibility index (Phi) is 10.1. The van der Waals surface area contributed by atoms with Gasteiger partial charge >= 0.3 is 7.12 Å². The van der Waals surface area contributed by atoms with Crippen LogP contribution in [0.5, 0.6) is 0 Å². The number of carbonyl (C=O) groups excluding carboxylic acids is 2. The third-order valence-electron chi connectivity index (χ3n) is 6.73. The summed E-state index contributed by atoms with van der Waals surface area (Å²) in [4.78, 5) is 25.0. The van der Waals surface area contributed by atoms with E-state index in [2.05, 4.69) is 38.3 Å². The molecule has 2 rings (SSSR count). The van der Waals surface area contributed by atoms with Crippen LogP contribution in [0.1, 0.15) is 71.2 Å². The fraction of sp³-hybridized carbons (Fsp3) is 0.667. The molecule has 184 valence electrons. The molecule has 3 N–H and O–H groups in total. The average Bonchev–Trinajstić information content (AvgIpc) is 2.71. The number of rotatable bonds is 9. The molecule has 2 unspecified atom stereocenters. The Hall–Kier alpha value is -1.28. The van der Waals surface area contributed by atoms with Gasteiger partial charge in [-0.05, 0) is 60.6 Å². The van der Waals surface area contributed by atoms with Gasteiger partial charge in [0.05, 0.1) is 23.1 Å². The molecule has 0 heterocycles. The number of benzene rings is 1. The minimum Gasteiger partial charge on any atom is -0.426 e. The van der Waals surface area contributed by atoms with E-state index in [1.54, 1.807) is 6.07 Å². The number of nitrogens with one attached hydrogen (secondary N) is 2. The highest BCUT2D eigenvalue weighted by Gasteiger charge is 2.41. The van der Waals surface area contributed by atoms with Gasteiger partial charge in [-0.15, -0.1) is 0 Å². The van der Waals surface area contributed by atoms with Gasteiger partial charge in [-0.25, -0.2) is 0 Å². The van der Waals surface area contributed by atoms with Crippen LogP contribution in [-0.4, -0.2) is 42.5 Å². The summed E-state index contributed by atoms with van der Waals surface area (Å²) >= 11 is 12.0. The molecule has 1 fully saturated rings. The number of halogens is 2. The Balaban J connectivity index is 1.97. The molecule has 2 amide bonds. The molecule has 0 aromatic heterocycles. The molecule has 6 nitrogen and oxygen atoms in total. The van der Waals surface area contributed by atoms with Gasteiger partial charge in [0.1, 0.15) is 0 Å². The van der Waals surface area contributed by atoms with Crippen molar-refractivity contribution >= 4 is 42.1 Å². The molecule has 33 heavy (non-hydrogen) atoms. The van der Waals surface area contributed by atoms with Crippen LogP contribution in [0.25, 0.3) is 0 Å². The summed E-state index contributed by atoms with van der Waals surface area (Å²) in [5, 5.41) is 16.9. The first-order valence-electron chi connectivity index (χ1n) is 11.7. The van der Waals surface area contributed by atoms with Crippen molar-refractivity contribution in [3.8, 4) is 0 Å². The molecule has 0 bridgehead atoms. The van der Waals surface area contributed by atoms with Gasteiger partial charge in [-0.2, -0.15) is 0 Å². The van der Waals surface area contributed by atoms with Gasteiger partial charge in [-0.3, -0.25) is 9.59 Å². The molecular formula is C24H37BCl2N2O4. The van der Waals surface area contributed by atoms with Crippen LogP contribution in [-0.2, 0) is 9.45 Å². The Labute approximate surface area is 208 Å². The van der Waals surface area contributed by atoms with Crippen LogP contribution in [0.2, 0.25) is 10.0 Å². The average molecular weight is 499 g/mol. The summed E-state index contributed by atoms with van der Waals surface area (Å²) in [6.45, 7) is 12.6. The molecule has 0 saturated heterocycles. The summed E-state index contributed by atoms with van der Waals surface area (Å²) in [5.41, 5.74) is 0.321. The molecule has 0 spiro atoms. The van der Waals surface area contributed by atoms with Crippen molar-refractivity contribution < 1.29 is 19.3 Å². The lowest BCUT2D eigenvalue weighted by Crippen LogP contribution is -2.53. The summed E-state index contributed by atoms with van der Waals surface area (Å²) in [5.74, 6) is -0.373. The fourth-order valence-corrected chi connectivity index (χ4v) is 4.72. The number of hydrogen-bond acceptors (Lipinski definition) is 4. The van der Waals surface area contributed by atoms with Crippen LogP contribution in [0, 0.1) is 23.2 Å². The van der Waals surface area contributed by atoms with Crippen molar-refractivity contribution in [1.82, 2.24) is 10.6 Å². The largest absolute Gasteiger partial charge is 0.478 e. The lowest BCUT2D eigenvalue weighted by atomic mass is 9.64. The molecule has 9 heteroatoms. The minimum absolute atomic E-state index is 0.0811. The minimum atomic E-state index is -1.13. The highest BCUT2D eigenvalue weighted by Crippen LogP contribution is 2.44. The van der Waals surface area contributed by atoms with Crippen LogP contribution in [0.3, 0.4) is 0 Å². The second kappa shape index (κ2) is 11.9. The lowest BCUT2D eigenvalue weighted by molar-refractivity contribution is -0.120. The van der Waals surface area contributed by atoms with Crippen molar-refractivity contribution in [3.05, 3.63) is 33.8 Å². The van der Waals surface area contributed by atoms with E-state index in [4.69, 9.17) is 27.9 Å². The van der Waals surface area contributed by atoms with E-state index in [9.17, 15) is 14.6 Å². The third kappa shape index (κ3) is 8.16. The molecule has 1 aliphatic rings. The quantitative estimate of drug-likeness (QED) is 0.428. The van der Waals surface area contributed by atoms with Gasteiger partial charge in [0.2, 0.25) is 5.91 Å². The SMILES string of the molecule is CC(C)C[C@H](NC(=O)CNC(=O)c1cc(Cl)ccc1Cl)B(O)OC1CC(C)(C)[C@@H](C)CC1C. The van der Waals surface area contributed by atoms with E-state index in [1.807, 2.05) is 13.8 Å². The molecule has 1 aromatic carbocycles. The van der Waals surface area contributed by atoms with Crippen molar-refractivity contribution in [2.24, 2.45) is 23.2 Å². The van der Waals surface area contributed by atoms with Gasteiger partial charge in [-0.1, -0.05) is 64.7 Å². The Morgan fingerprint density at radius 1 is 1.27 bits per heavy atom. The zero-order valence-corrected chi connectivity index (χ0v) is 22.0. The van der Waals surface area contributed by atoms with E-state index in [0.717, 1.165) is 12.8 Å². The monoisotopic (exact) mass is 498 g/mol. The molecule has 4 atom stereocenters. The number of amides is 2.